The molecule has 1 aromatic carbocycles. The van der Waals surface area contributed by atoms with Crippen LogP contribution in [0.3, 0.4) is 0 Å². The van der Waals surface area contributed by atoms with E-state index >= 15 is 0 Å². The maximum Gasteiger partial charge on any atom is 0.449 e. The van der Waals surface area contributed by atoms with Gasteiger partial charge in [0.25, 0.3) is 5.91 Å². The summed E-state index contributed by atoms with van der Waals surface area (Å²) in [6.45, 7) is 6.71. The van der Waals surface area contributed by atoms with Gasteiger partial charge < -0.3 is 15.0 Å². The molecular weight excluding hydrogens is 363 g/mol. The number of aliphatic carboxylic acids is 1. The maximum atomic E-state index is 13.2. The highest BCUT2D eigenvalue weighted by Gasteiger charge is 2.38. The number of carbonyl (C=O) groups is 2. The minimum atomic E-state index is -4.63. The van der Waals surface area contributed by atoms with E-state index in [1.807, 2.05) is 0 Å². The number of halogens is 3. The second-order valence-electron chi connectivity index (χ2n) is 6.33. The number of allylic oxidation sites excluding steroid dienone is 1. The molecule has 0 bridgehead atoms. The van der Waals surface area contributed by atoms with Gasteiger partial charge in [0.2, 0.25) is 5.82 Å². The lowest BCUT2D eigenvalue weighted by atomic mass is 10.1. The Kier molecular flexibility index (Phi) is 5.92. The molecule has 0 aliphatic carbocycles. The first-order chi connectivity index (χ1) is 12.6. The number of fused-ring (bicyclic) bond motifs is 1. The van der Waals surface area contributed by atoms with Crippen molar-refractivity contribution in [3.05, 3.63) is 42.2 Å². The molecule has 2 aromatic rings. The van der Waals surface area contributed by atoms with Crippen LogP contribution in [0.15, 0.2) is 30.9 Å². The molecular formula is C18H20F3N3O3. The molecule has 0 saturated heterocycles. The highest BCUT2D eigenvalue weighted by atomic mass is 19.4. The van der Waals surface area contributed by atoms with Gasteiger partial charge in [-0.05, 0) is 44.9 Å². The molecule has 0 spiro atoms. The monoisotopic (exact) mass is 383 g/mol. The van der Waals surface area contributed by atoms with Crippen molar-refractivity contribution < 1.29 is 27.9 Å². The zero-order chi connectivity index (χ0) is 20.4. The fourth-order valence-electron chi connectivity index (χ4n) is 2.75. The first kappa shape index (κ1) is 20.5. The van der Waals surface area contributed by atoms with Crippen molar-refractivity contribution in [1.29, 1.82) is 0 Å². The van der Waals surface area contributed by atoms with Crippen molar-refractivity contribution in [3.63, 3.8) is 0 Å². The molecule has 2 rings (SSSR count). The molecule has 0 aliphatic rings. The van der Waals surface area contributed by atoms with E-state index in [9.17, 15) is 22.8 Å². The van der Waals surface area contributed by atoms with Crippen LogP contribution in [-0.2, 0) is 11.0 Å². The number of alkyl halides is 3. The first-order valence-corrected chi connectivity index (χ1v) is 8.30. The van der Waals surface area contributed by atoms with E-state index in [0.29, 0.717) is 6.42 Å². The highest BCUT2D eigenvalue weighted by molar-refractivity contribution is 5.99. The lowest BCUT2D eigenvalue weighted by Crippen LogP contribution is -2.40. The van der Waals surface area contributed by atoms with Gasteiger partial charge in [0.05, 0.1) is 11.0 Å². The third-order valence-corrected chi connectivity index (χ3v) is 3.98. The maximum absolute atomic E-state index is 13.2. The third kappa shape index (κ3) is 4.47. The molecule has 0 radical (unpaired) electrons. The number of carboxylic acid groups (broad SMARTS) is 1. The molecule has 9 heteroatoms. The SMILES string of the molecule is C=CCCC(NC(=O)c1ccc2c(c1)nc(C(F)(F)F)n2C(C)C)C(=O)O. The number of aromatic nitrogens is 2. The number of imidazole rings is 1. The molecule has 1 unspecified atom stereocenters. The molecule has 6 nitrogen and oxygen atoms in total. The van der Waals surface area contributed by atoms with Gasteiger partial charge in [0, 0.05) is 11.6 Å². The summed E-state index contributed by atoms with van der Waals surface area (Å²) in [5.74, 6) is -2.94. The topological polar surface area (TPSA) is 84.2 Å². The summed E-state index contributed by atoms with van der Waals surface area (Å²) in [5.41, 5.74) is 0.298. The van der Waals surface area contributed by atoms with Crippen molar-refractivity contribution in [2.75, 3.05) is 0 Å². The number of carbonyl (C=O) groups excluding carboxylic acids is 1. The van der Waals surface area contributed by atoms with Crippen molar-refractivity contribution in [1.82, 2.24) is 14.9 Å². The number of rotatable bonds is 7. The Morgan fingerprint density at radius 1 is 1.37 bits per heavy atom. The van der Waals surface area contributed by atoms with E-state index in [-0.39, 0.29) is 23.0 Å². The van der Waals surface area contributed by atoms with Crippen LogP contribution in [0.4, 0.5) is 13.2 Å². The van der Waals surface area contributed by atoms with E-state index < -0.39 is 36.0 Å². The zero-order valence-electron chi connectivity index (χ0n) is 14.9. The smallest absolute Gasteiger partial charge is 0.449 e. The summed E-state index contributed by atoms with van der Waals surface area (Å²) in [4.78, 5) is 27.2. The minimum absolute atomic E-state index is 0.0154. The molecule has 27 heavy (non-hydrogen) atoms. The number of benzene rings is 1. The highest BCUT2D eigenvalue weighted by Crippen LogP contribution is 2.33. The fourth-order valence-corrected chi connectivity index (χ4v) is 2.75. The largest absolute Gasteiger partial charge is 0.480 e. The van der Waals surface area contributed by atoms with Crippen LogP contribution in [-0.4, -0.2) is 32.6 Å². The van der Waals surface area contributed by atoms with Crippen LogP contribution in [0.1, 0.15) is 48.9 Å². The van der Waals surface area contributed by atoms with Crippen LogP contribution < -0.4 is 5.32 Å². The van der Waals surface area contributed by atoms with E-state index in [0.717, 1.165) is 4.57 Å². The lowest BCUT2D eigenvalue weighted by Gasteiger charge is -2.15. The van der Waals surface area contributed by atoms with Crippen LogP contribution in [0.25, 0.3) is 11.0 Å². The number of amides is 1. The lowest BCUT2D eigenvalue weighted by molar-refractivity contribution is -0.147. The van der Waals surface area contributed by atoms with E-state index in [4.69, 9.17) is 5.11 Å². The summed E-state index contributed by atoms with van der Waals surface area (Å²) in [6, 6.07) is 2.36. The molecule has 1 aromatic heterocycles. The van der Waals surface area contributed by atoms with Crippen molar-refractivity contribution in [2.45, 2.75) is 44.9 Å². The van der Waals surface area contributed by atoms with Gasteiger partial charge in [0.1, 0.15) is 6.04 Å². The Morgan fingerprint density at radius 3 is 2.56 bits per heavy atom. The van der Waals surface area contributed by atoms with Crippen molar-refractivity contribution >= 4 is 22.9 Å². The Balaban J connectivity index is 2.39. The van der Waals surface area contributed by atoms with Gasteiger partial charge in [0.15, 0.2) is 0 Å². The molecule has 0 aliphatic heterocycles. The predicted octanol–water partition coefficient (Wildman–Crippen LogP) is 3.79. The van der Waals surface area contributed by atoms with E-state index in [1.165, 1.54) is 24.3 Å². The summed E-state index contributed by atoms with van der Waals surface area (Å²) in [7, 11) is 0. The van der Waals surface area contributed by atoms with Crippen LogP contribution in [0, 0.1) is 0 Å². The molecule has 1 amide bonds. The number of nitrogens with one attached hydrogen (secondary N) is 1. The number of nitrogens with zero attached hydrogens (tertiary/aromatic N) is 2. The average Bonchev–Trinajstić information content (AvgIpc) is 2.97. The first-order valence-electron chi connectivity index (χ1n) is 8.30. The third-order valence-electron chi connectivity index (χ3n) is 3.98. The van der Waals surface area contributed by atoms with Gasteiger partial charge >= 0.3 is 12.1 Å². The van der Waals surface area contributed by atoms with Crippen LogP contribution in [0.2, 0.25) is 0 Å². The Bertz CT molecular complexity index is 872. The predicted molar refractivity (Wildman–Crippen MR) is 93.4 cm³/mol. The van der Waals surface area contributed by atoms with Gasteiger partial charge in [-0.15, -0.1) is 6.58 Å². The Labute approximate surface area is 153 Å². The molecule has 1 heterocycles. The second-order valence-corrected chi connectivity index (χ2v) is 6.33. The number of hydrogen-bond donors (Lipinski definition) is 2. The van der Waals surface area contributed by atoms with Crippen molar-refractivity contribution in [3.8, 4) is 0 Å². The van der Waals surface area contributed by atoms with Gasteiger partial charge in [-0.25, -0.2) is 9.78 Å². The van der Waals surface area contributed by atoms with Gasteiger partial charge in [-0.2, -0.15) is 13.2 Å². The van der Waals surface area contributed by atoms with E-state index in [2.05, 4.69) is 16.9 Å². The Hall–Kier alpha value is -2.84. The minimum Gasteiger partial charge on any atom is -0.480 e. The summed E-state index contributed by atoms with van der Waals surface area (Å²) in [6.07, 6.45) is -2.55. The molecule has 1 atom stereocenters. The normalized spacial score (nSPS) is 13.0. The Morgan fingerprint density at radius 2 is 2.04 bits per heavy atom. The molecule has 146 valence electrons. The molecule has 0 fully saturated rings. The standard InChI is InChI=1S/C18H20F3N3O3/c1-4-5-6-12(16(26)27)22-15(25)11-7-8-14-13(9-11)23-17(18(19,20)21)24(14)10(2)3/h4,7-10,12H,1,5-6H2,2-3H3,(H,22,25)(H,26,27). The summed E-state index contributed by atoms with van der Waals surface area (Å²) < 4.78 is 40.8. The molecule has 2 N–H and O–H groups in total. The molecule has 0 saturated carbocycles. The van der Waals surface area contributed by atoms with Crippen molar-refractivity contribution in [2.24, 2.45) is 0 Å². The second kappa shape index (κ2) is 7.81. The number of hydrogen-bond acceptors (Lipinski definition) is 3. The zero-order valence-corrected chi connectivity index (χ0v) is 14.9. The average molecular weight is 383 g/mol. The number of carboxylic acids is 1. The van der Waals surface area contributed by atoms with E-state index in [1.54, 1.807) is 13.8 Å². The summed E-state index contributed by atoms with van der Waals surface area (Å²) >= 11 is 0. The van der Waals surface area contributed by atoms with Gasteiger partial charge in [-0.3, -0.25) is 4.79 Å². The summed E-state index contributed by atoms with van der Waals surface area (Å²) in [5, 5.41) is 11.5. The quantitative estimate of drug-likeness (QED) is 0.713. The fraction of sp³-hybridized carbons (Fsp3) is 0.389. The van der Waals surface area contributed by atoms with Crippen LogP contribution >= 0.6 is 0 Å². The van der Waals surface area contributed by atoms with Gasteiger partial charge in [-0.1, -0.05) is 6.08 Å². The van der Waals surface area contributed by atoms with Crippen LogP contribution in [0.5, 0.6) is 0 Å².